The zero-order valence-electron chi connectivity index (χ0n) is 18.8. The van der Waals surface area contributed by atoms with Crippen molar-refractivity contribution in [2.75, 3.05) is 18.4 Å². The molecule has 166 valence electrons. The number of rotatable bonds is 5. The number of hydrogen-bond donors (Lipinski definition) is 1. The van der Waals surface area contributed by atoms with Crippen molar-refractivity contribution in [3.8, 4) is 5.69 Å². The quantitative estimate of drug-likeness (QED) is 0.658. The number of carbonyl (C=O) groups is 1. The summed E-state index contributed by atoms with van der Waals surface area (Å²) in [6.45, 7) is 5.49. The van der Waals surface area contributed by atoms with Crippen LogP contribution in [0.15, 0.2) is 48.8 Å². The maximum Gasteiger partial charge on any atom is 0.256 e. The molecule has 3 aromatic rings. The van der Waals surface area contributed by atoms with Gasteiger partial charge < -0.3 is 10.2 Å². The van der Waals surface area contributed by atoms with Crippen molar-refractivity contribution in [3.63, 3.8) is 0 Å². The van der Waals surface area contributed by atoms with E-state index in [2.05, 4.69) is 25.4 Å². The highest BCUT2D eigenvalue weighted by Crippen LogP contribution is 2.50. The number of amides is 1. The standard InChI is InChI=1S/C25H30N6O/c1-18-7-8-22(31-27-12-13-28-31)21(15-18)24(32)30-14-11-25(9-4-10-25)16-20(30)17-26-23-6-3-5-19(2)29-23/h3,5-8,12-13,15,20H,4,9-11,14,16-17H2,1-2H3,(H,26,29). The van der Waals surface area contributed by atoms with Crippen LogP contribution in [-0.4, -0.2) is 49.9 Å². The van der Waals surface area contributed by atoms with Gasteiger partial charge in [0.05, 0.1) is 23.6 Å². The smallest absolute Gasteiger partial charge is 0.256 e. The fraction of sp³-hybridized carbons (Fsp3) is 0.440. The van der Waals surface area contributed by atoms with E-state index in [1.807, 2.05) is 50.2 Å². The number of piperidine rings is 1. The molecule has 1 atom stereocenters. The second-order valence-corrected chi connectivity index (χ2v) is 9.34. The molecule has 0 bridgehead atoms. The molecule has 0 radical (unpaired) electrons. The van der Waals surface area contributed by atoms with Gasteiger partial charge in [-0.1, -0.05) is 24.1 Å². The van der Waals surface area contributed by atoms with Gasteiger partial charge in [-0.15, -0.1) is 0 Å². The number of aryl methyl sites for hydroxylation is 2. The lowest BCUT2D eigenvalue weighted by atomic mass is 9.61. The van der Waals surface area contributed by atoms with E-state index in [0.29, 0.717) is 17.5 Å². The highest BCUT2D eigenvalue weighted by atomic mass is 16.2. The molecule has 2 aromatic heterocycles. The molecule has 1 spiro atoms. The Labute approximate surface area is 188 Å². The molecule has 1 unspecified atom stereocenters. The van der Waals surface area contributed by atoms with E-state index in [1.54, 1.807) is 12.4 Å². The van der Waals surface area contributed by atoms with Crippen molar-refractivity contribution in [1.29, 1.82) is 0 Å². The highest BCUT2D eigenvalue weighted by molar-refractivity contribution is 5.98. The molecule has 2 fully saturated rings. The molecule has 1 aliphatic carbocycles. The summed E-state index contributed by atoms with van der Waals surface area (Å²) in [7, 11) is 0. The fourth-order valence-corrected chi connectivity index (χ4v) is 5.19. The lowest BCUT2D eigenvalue weighted by Crippen LogP contribution is -2.54. The maximum atomic E-state index is 13.9. The number of pyridine rings is 1. The lowest BCUT2D eigenvalue weighted by molar-refractivity contribution is 0.00328. The molecule has 1 amide bonds. The Morgan fingerprint density at radius 2 is 1.94 bits per heavy atom. The Hall–Kier alpha value is -3.22. The second-order valence-electron chi connectivity index (χ2n) is 9.34. The van der Waals surface area contributed by atoms with Crippen LogP contribution in [-0.2, 0) is 0 Å². The van der Waals surface area contributed by atoms with Gasteiger partial charge in [-0.25, -0.2) is 4.98 Å². The Kier molecular flexibility index (Phi) is 5.41. The summed E-state index contributed by atoms with van der Waals surface area (Å²) >= 11 is 0. The average molecular weight is 431 g/mol. The number of hydrogen-bond acceptors (Lipinski definition) is 5. The molecule has 5 rings (SSSR count). The van der Waals surface area contributed by atoms with Crippen molar-refractivity contribution < 1.29 is 4.79 Å². The average Bonchev–Trinajstić information content (AvgIpc) is 3.31. The van der Waals surface area contributed by atoms with E-state index in [-0.39, 0.29) is 11.9 Å². The van der Waals surface area contributed by atoms with Crippen molar-refractivity contribution in [2.45, 2.75) is 52.0 Å². The number of carbonyl (C=O) groups excluding carboxylic acids is 1. The van der Waals surface area contributed by atoms with E-state index in [0.717, 1.165) is 42.1 Å². The van der Waals surface area contributed by atoms with Crippen LogP contribution >= 0.6 is 0 Å². The first-order valence-corrected chi connectivity index (χ1v) is 11.5. The predicted octanol–water partition coefficient (Wildman–Crippen LogP) is 4.17. The molecule has 7 heteroatoms. The predicted molar refractivity (Wildman–Crippen MR) is 124 cm³/mol. The first kappa shape index (κ1) is 20.7. The monoisotopic (exact) mass is 430 g/mol. The number of nitrogens with zero attached hydrogens (tertiary/aromatic N) is 5. The lowest BCUT2D eigenvalue weighted by Gasteiger charge is -2.51. The minimum absolute atomic E-state index is 0.0548. The second kappa shape index (κ2) is 8.37. The van der Waals surface area contributed by atoms with Crippen LogP contribution in [0.1, 0.15) is 53.7 Å². The minimum atomic E-state index is 0.0548. The van der Waals surface area contributed by atoms with Crippen LogP contribution in [0, 0.1) is 19.3 Å². The molecule has 1 saturated carbocycles. The van der Waals surface area contributed by atoms with Crippen LogP contribution in [0.5, 0.6) is 0 Å². The van der Waals surface area contributed by atoms with E-state index in [1.165, 1.54) is 24.1 Å². The zero-order chi connectivity index (χ0) is 22.1. The van der Waals surface area contributed by atoms with Crippen molar-refractivity contribution >= 4 is 11.7 Å². The molecule has 1 aliphatic heterocycles. The summed E-state index contributed by atoms with van der Waals surface area (Å²) in [5.74, 6) is 0.918. The van der Waals surface area contributed by atoms with Crippen molar-refractivity contribution in [1.82, 2.24) is 24.9 Å². The van der Waals surface area contributed by atoms with E-state index in [9.17, 15) is 4.79 Å². The normalized spacial score (nSPS) is 19.6. The molecular formula is C25H30N6O. The van der Waals surface area contributed by atoms with Crippen molar-refractivity contribution in [3.05, 3.63) is 65.6 Å². The topological polar surface area (TPSA) is 75.9 Å². The van der Waals surface area contributed by atoms with Crippen LogP contribution in [0.3, 0.4) is 0 Å². The number of aromatic nitrogens is 4. The molecular weight excluding hydrogens is 400 g/mol. The van der Waals surface area contributed by atoms with Crippen LogP contribution in [0.25, 0.3) is 5.69 Å². The summed E-state index contributed by atoms with van der Waals surface area (Å²) in [6.07, 6.45) is 9.26. The van der Waals surface area contributed by atoms with Crippen LogP contribution < -0.4 is 5.32 Å². The molecule has 1 N–H and O–H groups in total. The third-order valence-electron chi connectivity index (χ3n) is 7.09. The summed E-state index contributed by atoms with van der Waals surface area (Å²) < 4.78 is 0. The Morgan fingerprint density at radius 1 is 1.12 bits per heavy atom. The zero-order valence-corrected chi connectivity index (χ0v) is 18.8. The number of anilines is 1. The molecule has 1 aromatic carbocycles. The third kappa shape index (κ3) is 3.99. The number of nitrogens with one attached hydrogen (secondary N) is 1. The van der Waals surface area contributed by atoms with Crippen molar-refractivity contribution in [2.24, 2.45) is 5.41 Å². The summed E-state index contributed by atoms with van der Waals surface area (Å²) in [5, 5.41) is 12.0. The van der Waals surface area contributed by atoms with Gasteiger partial charge in [-0.3, -0.25) is 4.79 Å². The van der Waals surface area contributed by atoms with Gasteiger partial charge in [0.25, 0.3) is 5.91 Å². The minimum Gasteiger partial charge on any atom is -0.368 e. The van der Waals surface area contributed by atoms with Gasteiger partial charge in [0.1, 0.15) is 5.82 Å². The van der Waals surface area contributed by atoms with E-state index in [4.69, 9.17) is 0 Å². The Bertz CT molecular complexity index is 1110. The molecule has 32 heavy (non-hydrogen) atoms. The van der Waals surface area contributed by atoms with Crippen LogP contribution in [0.2, 0.25) is 0 Å². The first-order valence-electron chi connectivity index (χ1n) is 11.5. The Balaban J connectivity index is 1.42. The van der Waals surface area contributed by atoms with Gasteiger partial charge in [0, 0.05) is 24.8 Å². The Morgan fingerprint density at radius 3 is 2.66 bits per heavy atom. The highest BCUT2D eigenvalue weighted by Gasteiger charge is 2.45. The summed E-state index contributed by atoms with van der Waals surface area (Å²) in [5.41, 5.74) is 3.82. The van der Waals surface area contributed by atoms with E-state index >= 15 is 0 Å². The van der Waals surface area contributed by atoms with E-state index < -0.39 is 0 Å². The molecule has 7 nitrogen and oxygen atoms in total. The van der Waals surface area contributed by atoms with Gasteiger partial charge in [-0.2, -0.15) is 15.0 Å². The summed E-state index contributed by atoms with van der Waals surface area (Å²) in [4.78, 5) is 22.1. The number of likely N-dealkylation sites (tertiary alicyclic amines) is 1. The third-order valence-corrected chi connectivity index (χ3v) is 7.09. The molecule has 1 saturated heterocycles. The largest absolute Gasteiger partial charge is 0.368 e. The fourth-order valence-electron chi connectivity index (χ4n) is 5.19. The summed E-state index contributed by atoms with van der Waals surface area (Å²) in [6, 6.07) is 12.0. The SMILES string of the molecule is Cc1ccc(-n2nccn2)c(C(=O)N2CCC3(CCC3)CC2CNc2cccc(C)n2)c1. The van der Waals surface area contributed by atoms with Gasteiger partial charge >= 0.3 is 0 Å². The van der Waals surface area contributed by atoms with Gasteiger partial charge in [-0.05, 0) is 69.2 Å². The van der Waals surface area contributed by atoms with Gasteiger partial charge in [0.2, 0.25) is 0 Å². The number of benzene rings is 1. The molecule has 2 aliphatic rings. The maximum absolute atomic E-state index is 13.9. The molecule has 3 heterocycles. The van der Waals surface area contributed by atoms with Crippen LogP contribution in [0.4, 0.5) is 5.82 Å². The first-order chi connectivity index (χ1) is 15.5. The van der Waals surface area contributed by atoms with Gasteiger partial charge in [0.15, 0.2) is 0 Å².